The van der Waals surface area contributed by atoms with Crippen LogP contribution in [0.25, 0.3) is 0 Å². The zero-order valence-electron chi connectivity index (χ0n) is 14.2. The topological polar surface area (TPSA) is 58.4 Å². The van der Waals surface area contributed by atoms with Gasteiger partial charge in [-0.3, -0.25) is 0 Å². The Morgan fingerprint density at radius 3 is 2.88 bits per heavy atom. The van der Waals surface area contributed by atoms with E-state index in [1.54, 1.807) is 24.0 Å². The number of halogens is 1. The second-order valence-corrected chi connectivity index (χ2v) is 6.55. The summed E-state index contributed by atoms with van der Waals surface area (Å²) in [6, 6.07) is 6.24. The summed E-state index contributed by atoms with van der Waals surface area (Å²) in [5.74, 6) is 0.658. The highest BCUT2D eigenvalue weighted by molar-refractivity contribution is 5.89. The average molecular weight is 331 g/mol. The molecule has 0 saturated carbocycles. The number of aromatic nitrogens is 1. The Kier molecular flexibility index (Phi) is 4.55. The maximum Gasteiger partial charge on any atom is 0.322 e. The highest BCUT2D eigenvalue weighted by Gasteiger charge is 2.33. The maximum absolute atomic E-state index is 13.6. The first-order valence-electron chi connectivity index (χ1n) is 8.26. The van der Waals surface area contributed by atoms with Gasteiger partial charge in [-0.25, -0.2) is 9.18 Å². The molecule has 1 aliphatic rings. The molecule has 0 unspecified atom stereocenters. The maximum atomic E-state index is 13.6. The van der Waals surface area contributed by atoms with E-state index in [0.29, 0.717) is 23.6 Å². The average Bonchev–Trinajstić information content (AvgIpc) is 3.18. The van der Waals surface area contributed by atoms with E-state index < -0.39 is 0 Å². The second kappa shape index (κ2) is 6.63. The number of aryl methyl sites for hydroxylation is 1. The van der Waals surface area contributed by atoms with E-state index in [2.05, 4.69) is 10.5 Å². The number of anilines is 1. The van der Waals surface area contributed by atoms with Gasteiger partial charge in [-0.1, -0.05) is 25.1 Å². The van der Waals surface area contributed by atoms with Crippen LogP contribution < -0.4 is 5.32 Å². The van der Waals surface area contributed by atoms with Gasteiger partial charge < -0.3 is 14.7 Å². The highest BCUT2D eigenvalue weighted by Crippen LogP contribution is 2.33. The lowest BCUT2D eigenvalue weighted by atomic mass is 10.1. The van der Waals surface area contributed by atoms with Crippen LogP contribution in [-0.4, -0.2) is 22.6 Å². The van der Waals surface area contributed by atoms with Crippen LogP contribution in [0.4, 0.5) is 14.9 Å². The molecule has 1 atom stereocenters. The smallest absolute Gasteiger partial charge is 0.322 e. The number of amides is 2. The van der Waals surface area contributed by atoms with E-state index in [-0.39, 0.29) is 23.8 Å². The Bertz CT molecular complexity index is 742. The Labute approximate surface area is 140 Å². The number of hydrogen-bond acceptors (Lipinski definition) is 3. The number of rotatable bonds is 3. The Balaban J connectivity index is 1.74. The summed E-state index contributed by atoms with van der Waals surface area (Å²) in [7, 11) is 0. The fourth-order valence-electron chi connectivity index (χ4n) is 2.90. The van der Waals surface area contributed by atoms with Gasteiger partial charge >= 0.3 is 6.03 Å². The number of hydrogen-bond donors (Lipinski definition) is 1. The number of carbonyl (C=O) groups excluding carboxylic acids is 1. The minimum absolute atomic E-state index is 0.125. The van der Waals surface area contributed by atoms with Crippen molar-refractivity contribution in [3.63, 3.8) is 0 Å². The molecule has 1 saturated heterocycles. The summed E-state index contributed by atoms with van der Waals surface area (Å²) in [5.41, 5.74) is 1.89. The molecule has 1 aromatic heterocycles. The van der Waals surface area contributed by atoms with Crippen LogP contribution in [0.2, 0.25) is 0 Å². The molecule has 1 aliphatic heterocycles. The lowest BCUT2D eigenvalue weighted by Gasteiger charge is -2.23. The summed E-state index contributed by atoms with van der Waals surface area (Å²) >= 11 is 0. The first kappa shape index (κ1) is 16.5. The van der Waals surface area contributed by atoms with Crippen LogP contribution in [0.3, 0.4) is 0 Å². The summed E-state index contributed by atoms with van der Waals surface area (Å²) < 4.78 is 19.1. The van der Waals surface area contributed by atoms with E-state index >= 15 is 0 Å². The molecule has 2 heterocycles. The normalized spacial score (nSPS) is 17.5. The fraction of sp³-hybridized carbons (Fsp3) is 0.444. The minimum atomic E-state index is -0.331. The summed E-state index contributed by atoms with van der Waals surface area (Å²) in [6.45, 7) is 6.43. The zero-order chi connectivity index (χ0) is 17.3. The monoisotopic (exact) mass is 331 g/mol. The van der Waals surface area contributed by atoms with E-state index in [1.165, 1.54) is 6.07 Å². The Morgan fingerprint density at radius 1 is 1.42 bits per heavy atom. The molecule has 1 N–H and O–H groups in total. The standard InChI is InChI=1S/C18H22FN3O2/c1-11(2)15-10-17(24-21-15)16-5-4-8-22(16)18(23)20-13-7-6-12(3)14(19)9-13/h6-7,9-11,16H,4-5,8H2,1-3H3,(H,20,23)/t16-/m1/s1. The number of nitrogens with one attached hydrogen (secondary N) is 1. The molecule has 2 aromatic rings. The van der Waals surface area contributed by atoms with Crippen molar-refractivity contribution in [2.24, 2.45) is 0 Å². The largest absolute Gasteiger partial charge is 0.359 e. The number of benzene rings is 1. The van der Waals surface area contributed by atoms with Crippen molar-refractivity contribution in [2.75, 3.05) is 11.9 Å². The van der Waals surface area contributed by atoms with Crippen molar-refractivity contribution in [3.8, 4) is 0 Å². The molecule has 0 spiro atoms. The fourth-order valence-corrected chi connectivity index (χ4v) is 2.90. The second-order valence-electron chi connectivity index (χ2n) is 6.55. The molecular weight excluding hydrogens is 309 g/mol. The minimum Gasteiger partial charge on any atom is -0.359 e. The van der Waals surface area contributed by atoms with E-state index in [1.807, 2.05) is 19.9 Å². The van der Waals surface area contributed by atoms with Crippen LogP contribution in [0.1, 0.15) is 55.7 Å². The van der Waals surface area contributed by atoms with Crippen molar-refractivity contribution < 1.29 is 13.7 Å². The summed E-state index contributed by atoms with van der Waals surface area (Å²) in [6.07, 6.45) is 1.74. The van der Waals surface area contributed by atoms with Crippen LogP contribution in [0, 0.1) is 12.7 Å². The molecule has 2 amide bonds. The molecule has 0 radical (unpaired) electrons. The summed E-state index contributed by atoms with van der Waals surface area (Å²) in [5, 5.41) is 6.84. The van der Waals surface area contributed by atoms with Crippen molar-refractivity contribution in [1.29, 1.82) is 0 Å². The van der Waals surface area contributed by atoms with Crippen molar-refractivity contribution >= 4 is 11.7 Å². The number of urea groups is 1. The third-order valence-electron chi connectivity index (χ3n) is 4.40. The first-order valence-corrected chi connectivity index (χ1v) is 8.26. The van der Waals surface area contributed by atoms with Gasteiger partial charge in [0.2, 0.25) is 0 Å². The van der Waals surface area contributed by atoms with Crippen LogP contribution in [0.15, 0.2) is 28.8 Å². The molecule has 1 fully saturated rings. The van der Waals surface area contributed by atoms with Gasteiger partial charge in [-0.15, -0.1) is 0 Å². The third kappa shape index (κ3) is 3.27. The lowest BCUT2D eigenvalue weighted by molar-refractivity contribution is 0.195. The quantitative estimate of drug-likeness (QED) is 0.893. The van der Waals surface area contributed by atoms with Crippen LogP contribution in [0.5, 0.6) is 0 Å². The third-order valence-corrected chi connectivity index (χ3v) is 4.40. The van der Waals surface area contributed by atoms with Crippen molar-refractivity contribution in [1.82, 2.24) is 10.1 Å². The van der Waals surface area contributed by atoms with Gasteiger partial charge in [-0.05, 0) is 43.4 Å². The van der Waals surface area contributed by atoms with Gasteiger partial charge in [0.1, 0.15) is 5.82 Å². The molecule has 6 heteroatoms. The molecular formula is C18H22FN3O2. The predicted molar refractivity (Wildman–Crippen MR) is 89.4 cm³/mol. The van der Waals surface area contributed by atoms with Crippen LogP contribution >= 0.6 is 0 Å². The Morgan fingerprint density at radius 2 is 2.21 bits per heavy atom. The number of carbonyl (C=O) groups is 1. The van der Waals surface area contributed by atoms with Gasteiger partial charge in [-0.2, -0.15) is 0 Å². The highest BCUT2D eigenvalue weighted by atomic mass is 19.1. The number of likely N-dealkylation sites (tertiary alicyclic amines) is 1. The van der Waals surface area contributed by atoms with E-state index in [0.717, 1.165) is 18.5 Å². The predicted octanol–water partition coefficient (Wildman–Crippen LogP) is 4.61. The van der Waals surface area contributed by atoms with E-state index in [4.69, 9.17) is 4.52 Å². The molecule has 5 nitrogen and oxygen atoms in total. The zero-order valence-corrected chi connectivity index (χ0v) is 14.2. The molecule has 0 aliphatic carbocycles. The lowest BCUT2D eigenvalue weighted by Crippen LogP contribution is -2.34. The SMILES string of the molecule is Cc1ccc(NC(=O)N2CCC[C@@H]2c2cc(C(C)C)no2)cc1F. The van der Waals surface area contributed by atoms with E-state index in [9.17, 15) is 9.18 Å². The van der Waals surface area contributed by atoms with Gasteiger partial charge in [0, 0.05) is 18.3 Å². The summed E-state index contributed by atoms with van der Waals surface area (Å²) in [4.78, 5) is 14.3. The van der Waals surface area contributed by atoms with Crippen molar-refractivity contribution in [3.05, 3.63) is 47.1 Å². The van der Waals surface area contributed by atoms with Crippen molar-refractivity contribution in [2.45, 2.75) is 45.6 Å². The molecule has 24 heavy (non-hydrogen) atoms. The van der Waals surface area contributed by atoms with Gasteiger partial charge in [0.25, 0.3) is 0 Å². The molecule has 3 rings (SSSR count). The molecule has 0 bridgehead atoms. The molecule has 128 valence electrons. The number of nitrogens with zero attached hydrogens (tertiary/aromatic N) is 2. The van der Waals surface area contributed by atoms with Crippen LogP contribution in [-0.2, 0) is 0 Å². The molecule has 1 aromatic carbocycles. The first-order chi connectivity index (χ1) is 11.5. The Hall–Kier alpha value is -2.37. The van der Waals surface area contributed by atoms with Gasteiger partial charge in [0.15, 0.2) is 5.76 Å². The van der Waals surface area contributed by atoms with Gasteiger partial charge in [0.05, 0.1) is 11.7 Å².